The summed E-state index contributed by atoms with van der Waals surface area (Å²) in [5, 5.41) is 5.53. The van der Waals surface area contributed by atoms with Gasteiger partial charge in [-0.05, 0) is 74.4 Å². The topological polar surface area (TPSA) is 79.9 Å². The zero-order valence-electron chi connectivity index (χ0n) is 18.8. The van der Waals surface area contributed by atoms with Crippen molar-refractivity contribution in [1.82, 2.24) is 15.5 Å². The van der Waals surface area contributed by atoms with Gasteiger partial charge in [0.25, 0.3) is 5.91 Å². The van der Waals surface area contributed by atoms with Crippen molar-refractivity contribution in [1.29, 1.82) is 0 Å². The molecule has 2 aromatic carbocycles. The largest absolute Gasteiger partial charge is 0.486 e. The Kier molecular flexibility index (Phi) is 6.22. The van der Waals surface area contributed by atoms with E-state index in [0.29, 0.717) is 19.6 Å². The third kappa shape index (κ3) is 4.69. The monoisotopic (exact) mass is 449 g/mol. The van der Waals surface area contributed by atoms with Crippen LogP contribution in [0, 0.1) is 5.92 Å². The molecule has 3 aliphatic heterocycles. The Morgan fingerprint density at radius 2 is 1.70 bits per heavy atom. The Balaban J connectivity index is 1.20. The number of imide groups is 1. The lowest BCUT2D eigenvalue weighted by atomic mass is 9.74. The van der Waals surface area contributed by atoms with E-state index < -0.39 is 5.54 Å². The van der Waals surface area contributed by atoms with Crippen LogP contribution < -0.4 is 20.1 Å². The Morgan fingerprint density at radius 1 is 0.939 bits per heavy atom. The minimum Gasteiger partial charge on any atom is -0.486 e. The highest BCUT2D eigenvalue weighted by Gasteiger charge is 2.51. The van der Waals surface area contributed by atoms with Gasteiger partial charge < -0.3 is 14.8 Å². The highest BCUT2D eigenvalue weighted by molar-refractivity contribution is 6.07. The second-order valence-corrected chi connectivity index (χ2v) is 9.25. The number of ether oxygens (including phenoxy) is 2. The van der Waals surface area contributed by atoms with Crippen molar-refractivity contribution in [2.24, 2.45) is 5.92 Å². The first-order valence-electron chi connectivity index (χ1n) is 11.9. The maximum atomic E-state index is 12.9. The molecule has 0 spiro atoms. The molecule has 7 heteroatoms. The van der Waals surface area contributed by atoms with Crippen LogP contribution in [-0.4, -0.2) is 48.7 Å². The number of carbonyl (C=O) groups excluding carboxylic acids is 2. The summed E-state index contributed by atoms with van der Waals surface area (Å²) in [6.07, 6.45) is 4.17. The predicted octanol–water partition coefficient (Wildman–Crippen LogP) is 3.27. The molecule has 0 aromatic heterocycles. The number of benzene rings is 2. The van der Waals surface area contributed by atoms with E-state index in [1.165, 1.54) is 11.1 Å². The number of hydrogen-bond donors (Lipinski definition) is 2. The number of carbonyl (C=O) groups is 2. The van der Waals surface area contributed by atoms with Crippen LogP contribution in [0.5, 0.6) is 11.5 Å². The summed E-state index contributed by atoms with van der Waals surface area (Å²) < 4.78 is 11.3. The van der Waals surface area contributed by atoms with Gasteiger partial charge in [0.2, 0.25) is 0 Å². The average Bonchev–Trinajstić information content (AvgIpc) is 3.14. The van der Waals surface area contributed by atoms with Crippen molar-refractivity contribution < 1.29 is 19.1 Å². The maximum Gasteiger partial charge on any atom is 0.322 e. The molecule has 2 saturated heterocycles. The van der Waals surface area contributed by atoms with Crippen LogP contribution in [-0.2, 0) is 17.8 Å². The molecule has 0 aliphatic carbocycles. The minimum absolute atomic E-state index is 0.135. The maximum absolute atomic E-state index is 12.9. The fraction of sp³-hybridized carbons (Fsp3) is 0.462. The molecular weight excluding hydrogens is 418 g/mol. The van der Waals surface area contributed by atoms with Crippen LogP contribution in [0.4, 0.5) is 4.79 Å². The van der Waals surface area contributed by atoms with Gasteiger partial charge in [-0.3, -0.25) is 15.0 Å². The summed E-state index contributed by atoms with van der Waals surface area (Å²) in [6, 6.07) is 16.1. The summed E-state index contributed by atoms with van der Waals surface area (Å²) in [6.45, 7) is 3.80. The number of likely N-dealkylation sites (tertiary alicyclic amines) is 1. The van der Waals surface area contributed by atoms with Crippen molar-refractivity contribution in [3.63, 3.8) is 0 Å². The van der Waals surface area contributed by atoms with E-state index in [0.717, 1.165) is 56.8 Å². The molecule has 33 heavy (non-hydrogen) atoms. The molecule has 3 amide bonds. The van der Waals surface area contributed by atoms with Crippen molar-refractivity contribution in [3.8, 4) is 11.5 Å². The van der Waals surface area contributed by atoms with Crippen LogP contribution in [0.25, 0.3) is 0 Å². The zero-order chi connectivity index (χ0) is 22.7. The predicted molar refractivity (Wildman–Crippen MR) is 124 cm³/mol. The summed E-state index contributed by atoms with van der Waals surface area (Å²) in [4.78, 5) is 27.4. The lowest BCUT2D eigenvalue weighted by Gasteiger charge is -2.41. The summed E-state index contributed by atoms with van der Waals surface area (Å²) in [5.74, 6) is 1.60. The third-order valence-electron chi connectivity index (χ3n) is 7.15. The molecule has 1 atom stereocenters. The zero-order valence-corrected chi connectivity index (χ0v) is 18.8. The van der Waals surface area contributed by atoms with Gasteiger partial charge in [0, 0.05) is 6.54 Å². The summed E-state index contributed by atoms with van der Waals surface area (Å²) >= 11 is 0. The minimum atomic E-state index is -0.797. The normalized spacial score (nSPS) is 23.3. The summed E-state index contributed by atoms with van der Waals surface area (Å²) in [7, 11) is 0. The average molecular weight is 450 g/mol. The Bertz CT molecular complexity index is 1000. The van der Waals surface area contributed by atoms with Gasteiger partial charge in [-0.25, -0.2) is 4.79 Å². The molecule has 0 radical (unpaired) electrons. The van der Waals surface area contributed by atoms with Gasteiger partial charge in [-0.1, -0.05) is 36.4 Å². The Hall–Kier alpha value is -3.06. The van der Waals surface area contributed by atoms with E-state index in [-0.39, 0.29) is 17.9 Å². The molecular formula is C26H31N3O4. The number of fused-ring (bicyclic) bond motifs is 1. The van der Waals surface area contributed by atoms with E-state index in [4.69, 9.17) is 9.47 Å². The quantitative estimate of drug-likeness (QED) is 0.635. The molecule has 1 unspecified atom stereocenters. The molecule has 0 saturated carbocycles. The summed E-state index contributed by atoms with van der Waals surface area (Å²) in [5.41, 5.74) is 1.66. The fourth-order valence-electron chi connectivity index (χ4n) is 5.42. The smallest absolute Gasteiger partial charge is 0.322 e. The molecule has 3 aliphatic rings. The van der Waals surface area contributed by atoms with Crippen LogP contribution in [0.1, 0.15) is 36.8 Å². The van der Waals surface area contributed by atoms with Crippen molar-refractivity contribution >= 4 is 11.9 Å². The molecule has 2 N–H and O–H groups in total. The number of nitrogens with zero attached hydrogens (tertiary/aromatic N) is 1. The van der Waals surface area contributed by atoms with Gasteiger partial charge in [0.05, 0.1) is 0 Å². The van der Waals surface area contributed by atoms with Crippen LogP contribution in [0.2, 0.25) is 0 Å². The molecule has 3 heterocycles. The van der Waals surface area contributed by atoms with Gasteiger partial charge in [0.15, 0.2) is 11.5 Å². The van der Waals surface area contributed by atoms with E-state index >= 15 is 0 Å². The van der Waals surface area contributed by atoms with E-state index in [1.807, 2.05) is 24.3 Å². The molecule has 7 nitrogen and oxygen atoms in total. The molecule has 2 aromatic rings. The number of piperidine rings is 1. The van der Waals surface area contributed by atoms with Gasteiger partial charge in [0.1, 0.15) is 18.8 Å². The highest BCUT2D eigenvalue weighted by Crippen LogP contribution is 2.36. The molecule has 2 fully saturated rings. The second-order valence-electron chi connectivity index (χ2n) is 9.25. The number of rotatable bonds is 7. The lowest BCUT2D eigenvalue weighted by Crippen LogP contribution is -2.56. The number of aryl methyl sites for hydroxylation is 1. The Labute approximate surface area is 194 Å². The number of urea groups is 1. The van der Waals surface area contributed by atoms with Crippen molar-refractivity contribution in [2.45, 2.75) is 44.2 Å². The van der Waals surface area contributed by atoms with E-state index in [1.54, 1.807) is 0 Å². The first-order chi connectivity index (χ1) is 16.1. The van der Waals surface area contributed by atoms with Crippen LogP contribution in [0.3, 0.4) is 0 Å². The SMILES string of the molecule is O=C1NC(=O)C(CCCc2ccccc2)(C2CCN(Cc3ccc4c(c3)OCCO4)CC2)N1. The molecule has 174 valence electrons. The van der Waals surface area contributed by atoms with Crippen molar-refractivity contribution in [2.75, 3.05) is 26.3 Å². The fourth-order valence-corrected chi connectivity index (χ4v) is 5.42. The van der Waals surface area contributed by atoms with Gasteiger partial charge in [-0.2, -0.15) is 0 Å². The number of amides is 3. The van der Waals surface area contributed by atoms with Gasteiger partial charge >= 0.3 is 6.03 Å². The van der Waals surface area contributed by atoms with Crippen molar-refractivity contribution in [3.05, 3.63) is 59.7 Å². The standard InChI is InChI=1S/C26H31N3O4/c30-24-26(28-25(31)27-24,12-4-7-19-5-2-1-3-6-19)21-10-13-29(14-11-21)18-20-8-9-22-23(17-20)33-16-15-32-22/h1-3,5-6,8-9,17,21H,4,7,10-16,18H2,(H2,27,28,30,31). The molecule has 0 bridgehead atoms. The Morgan fingerprint density at radius 3 is 2.42 bits per heavy atom. The first-order valence-corrected chi connectivity index (χ1v) is 11.9. The number of nitrogens with one attached hydrogen (secondary N) is 2. The van der Waals surface area contributed by atoms with Crippen LogP contribution in [0.15, 0.2) is 48.5 Å². The third-order valence-corrected chi connectivity index (χ3v) is 7.15. The second kappa shape index (κ2) is 9.43. The van der Waals surface area contributed by atoms with Crippen LogP contribution >= 0.6 is 0 Å². The first kappa shape index (κ1) is 21.8. The van der Waals surface area contributed by atoms with E-state index in [9.17, 15) is 9.59 Å². The number of hydrogen-bond acceptors (Lipinski definition) is 5. The van der Waals surface area contributed by atoms with Gasteiger partial charge in [-0.15, -0.1) is 0 Å². The van der Waals surface area contributed by atoms with E-state index in [2.05, 4.69) is 39.8 Å². The highest BCUT2D eigenvalue weighted by atomic mass is 16.6. The lowest BCUT2D eigenvalue weighted by molar-refractivity contribution is -0.127. The molecule has 5 rings (SSSR count).